The van der Waals surface area contributed by atoms with Crippen molar-refractivity contribution in [3.63, 3.8) is 0 Å². The average Bonchev–Trinajstić information content (AvgIpc) is 2.72. The van der Waals surface area contributed by atoms with Gasteiger partial charge in [-0.3, -0.25) is 4.90 Å². The van der Waals surface area contributed by atoms with Crippen LogP contribution >= 0.6 is 0 Å². The number of hydrogen-bond acceptors (Lipinski definition) is 4. The van der Waals surface area contributed by atoms with Crippen LogP contribution in [0.2, 0.25) is 0 Å². The number of halogens is 1. The van der Waals surface area contributed by atoms with Crippen LogP contribution in [0.3, 0.4) is 0 Å². The van der Waals surface area contributed by atoms with Gasteiger partial charge in [-0.1, -0.05) is 0 Å². The Labute approximate surface area is 180 Å². The monoisotopic (exact) mass is 416 g/mol. The second-order valence-electron chi connectivity index (χ2n) is 10.7. The van der Waals surface area contributed by atoms with Gasteiger partial charge in [-0.2, -0.15) is 0 Å². The third-order valence-electron chi connectivity index (χ3n) is 8.29. The number of benzene rings is 1. The molecule has 166 valence electrons. The summed E-state index contributed by atoms with van der Waals surface area (Å²) < 4.78 is 19.1. The molecule has 6 rings (SSSR count). The normalized spacial score (nSPS) is 34.5. The number of aliphatic hydroxyl groups is 1. The molecule has 5 fully saturated rings. The first-order chi connectivity index (χ1) is 14.6. The van der Waals surface area contributed by atoms with E-state index in [1.54, 1.807) is 0 Å². The minimum Gasteiger partial charge on any atom is -0.389 e. The number of ether oxygens (including phenoxy) is 1. The topological polar surface area (TPSA) is 35.9 Å². The van der Waals surface area contributed by atoms with Crippen LogP contribution in [0, 0.1) is 29.0 Å². The fourth-order valence-electron chi connectivity index (χ4n) is 7.30. The Hall–Kier alpha value is -1.17. The Kier molecular flexibility index (Phi) is 6.05. The van der Waals surface area contributed by atoms with Crippen LogP contribution < -0.4 is 4.90 Å². The first-order valence-electron chi connectivity index (χ1n) is 12.1. The van der Waals surface area contributed by atoms with Gasteiger partial charge in [0.05, 0.1) is 12.7 Å². The van der Waals surface area contributed by atoms with E-state index in [0.717, 1.165) is 56.2 Å². The van der Waals surface area contributed by atoms with Crippen molar-refractivity contribution in [3.8, 4) is 0 Å². The molecule has 4 aliphatic carbocycles. The molecule has 0 aromatic heterocycles. The predicted molar refractivity (Wildman–Crippen MR) is 117 cm³/mol. The molecule has 5 heteroatoms. The van der Waals surface area contributed by atoms with Crippen molar-refractivity contribution < 1.29 is 14.2 Å². The molecule has 1 aliphatic heterocycles. The van der Waals surface area contributed by atoms with Gasteiger partial charge in [-0.15, -0.1) is 0 Å². The molecule has 4 bridgehead atoms. The highest BCUT2D eigenvalue weighted by molar-refractivity contribution is 5.46. The number of nitrogens with zero attached hydrogens (tertiary/aromatic N) is 2. The summed E-state index contributed by atoms with van der Waals surface area (Å²) in [5.41, 5.74) is 1.64. The van der Waals surface area contributed by atoms with Crippen LogP contribution in [0.1, 0.15) is 44.9 Å². The molecular weight excluding hydrogens is 379 g/mol. The fourth-order valence-corrected chi connectivity index (χ4v) is 7.30. The van der Waals surface area contributed by atoms with Gasteiger partial charge in [0.15, 0.2) is 0 Å². The van der Waals surface area contributed by atoms with Gasteiger partial charge in [0, 0.05) is 45.0 Å². The summed E-state index contributed by atoms with van der Waals surface area (Å²) in [6, 6.07) is 6.73. The largest absolute Gasteiger partial charge is 0.389 e. The molecule has 0 radical (unpaired) electrons. The standard InChI is InChI=1S/C25H37FN2O2/c26-22-1-3-23(4-2-22)28-8-6-27(7-9-28)17-24(29)18-30-10-5-25-14-19-11-20(15-25)13-21(12-19)16-25/h1-4,19-21,24,29H,5-18H2/t19?,20?,21?,24-,25?/m1/s1. The lowest BCUT2D eigenvalue weighted by molar-refractivity contribution is -0.0741. The molecule has 4 saturated carbocycles. The molecule has 4 nitrogen and oxygen atoms in total. The summed E-state index contributed by atoms with van der Waals surface area (Å²) in [6.45, 7) is 5.58. The van der Waals surface area contributed by atoms with Crippen molar-refractivity contribution in [3.05, 3.63) is 30.1 Å². The summed E-state index contributed by atoms with van der Waals surface area (Å²) in [6.07, 6.45) is 9.56. The van der Waals surface area contributed by atoms with E-state index in [1.165, 1.54) is 57.1 Å². The van der Waals surface area contributed by atoms with Crippen molar-refractivity contribution in [2.45, 2.75) is 51.0 Å². The average molecular weight is 417 g/mol. The van der Waals surface area contributed by atoms with Crippen LogP contribution in [0.15, 0.2) is 24.3 Å². The van der Waals surface area contributed by atoms with E-state index in [2.05, 4.69) is 9.80 Å². The van der Waals surface area contributed by atoms with Crippen molar-refractivity contribution in [2.24, 2.45) is 23.2 Å². The molecule has 1 aromatic rings. The Morgan fingerprint density at radius 2 is 1.57 bits per heavy atom. The first kappa shape index (κ1) is 20.7. The lowest BCUT2D eigenvalue weighted by atomic mass is 9.49. The third-order valence-corrected chi connectivity index (χ3v) is 8.29. The van der Waals surface area contributed by atoms with Crippen molar-refractivity contribution in [1.29, 1.82) is 0 Å². The molecule has 1 atom stereocenters. The van der Waals surface area contributed by atoms with E-state index >= 15 is 0 Å². The number of piperazine rings is 1. The highest BCUT2D eigenvalue weighted by atomic mass is 19.1. The molecule has 1 aromatic carbocycles. The predicted octanol–water partition coefficient (Wildman–Crippen LogP) is 3.93. The van der Waals surface area contributed by atoms with Gasteiger partial charge in [0.25, 0.3) is 0 Å². The van der Waals surface area contributed by atoms with E-state index in [9.17, 15) is 9.50 Å². The summed E-state index contributed by atoms with van der Waals surface area (Å²) >= 11 is 0. The van der Waals surface area contributed by atoms with Gasteiger partial charge in [0.1, 0.15) is 5.82 Å². The van der Waals surface area contributed by atoms with Gasteiger partial charge in [0.2, 0.25) is 0 Å². The first-order valence-corrected chi connectivity index (χ1v) is 12.1. The summed E-state index contributed by atoms with van der Waals surface area (Å²) in [7, 11) is 0. The SMILES string of the molecule is O[C@@H](COCCC12CC3CC(CC(C3)C1)C2)CN1CCN(c2ccc(F)cc2)CC1. The van der Waals surface area contributed by atoms with Crippen molar-refractivity contribution in [1.82, 2.24) is 4.90 Å². The summed E-state index contributed by atoms with van der Waals surface area (Å²) in [5.74, 6) is 2.80. The van der Waals surface area contributed by atoms with Gasteiger partial charge >= 0.3 is 0 Å². The van der Waals surface area contributed by atoms with Crippen LogP contribution in [0.4, 0.5) is 10.1 Å². The van der Waals surface area contributed by atoms with Crippen LogP contribution in [-0.2, 0) is 4.74 Å². The number of rotatable bonds is 8. The van der Waals surface area contributed by atoms with Gasteiger partial charge in [-0.25, -0.2) is 4.39 Å². The van der Waals surface area contributed by atoms with E-state index in [0.29, 0.717) is 18.6 Å². The Morgan fingerprint density at radius 3 is 2.17 bits per heavy atom. The van der Waals surface area contributed by atoms with E-state index in [1.807, 2.05) is 12.1 Å². The molecule has 0 spiro atoms. The maximum atomic E-state index is 13.1. The molecular formula is C25H37FN2O2. The minimum atomic E-state index is -0.418. The van der Waals surface area contributed by atoms with E-state index in [4.69, 9.17) is 4.74 Å². The number of aliphatic hydroxyl groups excluding tert-OH is 1. The molecule has 30 heavy (non-hydrogen) atoms. The molecule has 0 unspecified atom stereocenters. The lowest BCUT2D eigenvalue weighted by Crippen LogP contribution is -2.49. The van der Waals surface area contributed by atoms with Gasteiger partial charge < -0.3 is 14.7 Å². The highest BCUT2D eigenvalue weighted by Gasteiger charge is 2.50. The van der Waals surface area contributed by atoms with E-state index in [-0.39, 0.29) is 5.82 Å². The lowest BCUT2D eigenvalue weighted by Gasteiger charge is -2.57. The number of anilines is 1. The zero-order valence-electron chi connectivity index (χ0n) is 18.1. The van der Waals surface area contributed by atoms with Crippen LogP contribution in [0.5, 0.6) is 0 Å². The smallest absolute Gasteiger partial charge is 0.123 e. The van der Waals surface area contributed by atoms with Crippen molar-refractivity contribution >= 4 is 5.69 Å². The maximum absolute atomic E-state index is 13.1. The Morgan fingerprint density at radius 1 is 0.967 bits per heavy atom. The minimum absolute atomic E-state index is 0.191. The second kappa shape index (κ2) is 8.76. The zero-order valence-corrected chi connectivity index (χ0v) is 18.1. The van der Waals surface area contributed by atoms with E-state index < -0.39 is 6.10 Å². The zero-order chi connectivity index (χ0) is 20.6. The number of hydrogen-bond donors (Lipinski definition) is 1. The quantitative estimate of drug-likeness (QED) is 0.652. The number of β-amino-alcohol motifs (C(OH)–C–C–N with tert-alkyl or cyclic N) is 1. The molecule has 1 N–H and O–H groups in total. The fraction of sp³-hybridized carbons (Fsp3) is 0.760. The molecule has 5 aliphatic rings. The Bertz CT molecular complexity index is 666. The summed E-state index contributed by atoms with van der Waals surface area (Å²) in [5, 5.41) is 10.5. The third kappa shape index (κ3) is 4.68. The summed E-state index contributed by atoms with van der Waals surface area (Å²) in [4.78, 5) is 4.59. The molecule has 1 heterocycles. The Balaban J connectivity index is 0.995. The van der Waals surface area contributed by atoms with Crippen LogP contribution in [-0.4, -0.2) is 62.0 Å². The molecule has 1 saturated heterocycles. The maximum Gasteiger partial charge on any atom is 0.123 e. The van der Waals surface area contributed by atoms with Gasteiger partial charge in [-0.05, 0) is 92.4 Å². The highest BCUT2D eigenvalue weighted by Crippen LogP contribution is 2.61. The molecule has 0 amide bonds. The van der Waals surface area contributed by atoms with Crippen molar-refractivity contribution in [2.75, 3.05) is 50.8 Å². The van der Waals surface area contributed by atoms with Crippen LogP contribution in [0.25, 0.3) is 0 Å². The second-order valence-corrected chi connectivity index (χ2v) is 10.7.